The molecule has 0 fully saturated rings. The van der Waals surface area contributed by atoms with Gasteiger partial charge in [-0.25, -0.2) is 4.98 Å². The van der Waals surface area contributed by atoms with Crippen molar-refractivity contribution < 1.29 is 4.52 Å². The molecular formula is C13H17ClN4O. The molecule has 0 unspecified atom stereocenters. The van der Waals surface area contributed by atoms with Gasteiger partial charge >= 0.3 is 0 Å². The van der Waals surface area contributed by atoms with E-state index in [4.69, 9.17) is 16.1 Å². The van der Waals surface area contributed by atoms with Crippen molar-refractivity contribution in [3.05, 3.63) is 40.8 Å². The fourth-order valence-corrected chi connectivity index (χ4v) is 1.81. The largest absolute Gasteiger partial charge is 0.338 e. The van der Waals surface area contributed by atoms with Crippen LogP contribution < -0.4 is 0 Å². The van der Waals surface area contributed by atoms with E-state index in [0.717, 1.165) is 24.4 Å². The normalized spacial score (nSPS) is 12.9. The van der Waals surface area contributed by atoms with Crippen LogP contribution in [0.1, 0.15) is 37.2 Å². The highest BCUT2D eigenvalue weighted by atomic mass is 35.5. The maximum atomic E-state index is 5.77. The second-order valence-corrected chi connectivity index (χ2v) is 4.87. The SMILES string of the molecule is CCc1noc([C@H](C)N(C)Cc2ccc(Cl)nc2)n1. The molecule has 0 saturated carbocycles. The van der Waals surface area contributed by atoms with E-state index in [-0.39, 0.29) is 6.04 Å². The molecule has 0 aliphatic carbocycles. The van der Waals surface area contributed by atoms with Crippen LogP contribution in [0.25, 0.3) is 0 Å². The van der Waals surface area contributed by atoms with Gasteiger partial charge in [-0.05, 0) is 25.6 Å². The molecule has 0 radical (unpaired) electrons. The Kier molecular flexibility index (Phi) is 4.50. The van der Waals surface area contributed by atoms with Crippen molar-refractivity contribution in [2.75, 3.05) is 7.05 Å². The predicted octanol–water partition coefficient (Wildman–Crippen LogP) is 2.87. The van der Waals surface area contributed by atoms with Crippen LogP contribution in [0, 0.1) is 0 Å². The van der Waals surface area contributed by atoms with Gasteiger partial charge in [-0.3, -0.25) is 4.90 Å². The molecule has 2 heterocycles. The lowest BCUT2D eigenvalue weighted by atomic mass is 10.2. The highest BCUT2D eigenvalue weighted by Crippen LogP contribution is 2.19. The Bertz CT molecular complexity index is 526. The number of hydrogen-bond donors (Lipinski definition) is 0. The van der Waals surface area contributed by atoms with Gasteiger partial charge in [0.25, 0.3) is 0 Å². The first-order valence-electron chi connectivity index (χ1n) is 6.23. The summed E-state index contributed by atoms with van der Waals surface area (Å²) in [6.07, 6.45) is 2.55. The van der Waals surface area contributed by atoms with E-state index >= 15 is 0 Å². The number of hydrogen-bond acceptors (Lipinski definition) is 5. The van der Waals surface area contributed by atoms with Gasteiger partial charge in [-0.15, -0.1) is 0 Å². The quantitative estimate of drug-likeness (QED) is 0.788. The number of nitrogens with zero attached hydrogens (tertiary/aromatic N) is 4. The zero-order valence-electron chi connectivity index (χ0n) is 11.3. The zero-order chi connectivity index (χ0) is 13.8. The van der Waals surface area contributed by atoms with Gasteiger partial charge in [0.2, 0.25) is 5.89 Å². The summed E-state index contributed by atoms with van der Waals surface area (Å²) in [5, 5.41) is 4.42. The van der Waals surface area contributed by atoms with Crippen LogP contribution in [0.2, 0.25) is 5.15 Å². The molecule has 0 amide bonds. The number of rotatable bonds is 5. The van der Waals surface area contributed by atoms with Crippen molar-refractivity contribution in [2.24, 2.45) is 0 Å². The molecule has 2 aromatic rings. The summed E-state index contributed by atoms with van der Waals surface area (Å²) in [7, 11) is 2.01. The molecular weight excluding hydrogens is 264 g/mol. The van der Waals surface area contributed by atoms with Crippen molar-refractivity contribution in [1.29, 1.82) is 0 Å². The Balaban J connectivity index is 2.02. The first-order chi connectivity index (χ1) is 9.10. The van der Waals surface area contributed by atoms with Crippen LogP contribution in [-0.2, 0) is 13.0 Å². The van der Waals surface area contributed by atoms with Crippen LogP contribution in [0.3, 0.4) is 0 Å². The van der Waals surface area contributed by atoms with Gasteiger partial charge in [0.15, 0.2) is 5.82 Å². The van der Waals surface area contributed by atoms with Crippen LogP contribution in [0.4, 0.5) is 0 Å². The maximum Gasteiger partial charge on any atom is 0.243 e. The number of aromatic nitrogens is 3. The third kappa shape index (κ3) is 3.52. The van der Waals surface area contributed by atoms with E-state index in [0.29, 0.717) is 11.0 Å². The molecule has 6 heteroatoms. The molecule has 0 spiro atoms. The Morgan fingerprint density at radius 2 is 2.21 bits per heavy atom. The Morgan fingerprint density at radius 1 is 1.42 bits per heavy atom. The summed E-state index contributed by atoms with van der Waals surface area (Å²) in [4.78, 5) is 10.5. The molecule has 102 valence electrons. The maximum absolute atomic E-state index is 5.77. The molecule has 5 nitrogen and oxygen atoms in total. The molecule has 0 saturated heterocycles. The summed E-state index contributed by atoms with van der Waals surface area (Å²) in [5.41, 5.74) is 1.09. The summed E-state index contributed by atoms with van der Waals surface area (Å²) < 4.78 is 5.26. The fourth-order valence-electron chi connectivity index (χ4n) is 1.69. The summed E-state index contributed by atoms with van der Waals surface area (Å²) in [6.45, 7) is 4.79. The lowest BCUT2D eigenvalue weighted by Gasteiger charge is -2.21. The number of aryl methyl sites for hydroxylation is 1. The van der Waals surface area contributed by atoms with Gasteiger partial charge in [0, 0.05) is 19.2 Å². The Hall–Kier alpha value is -1.46. The highest BCUT2D eigenvalue weighted by molar-refractivity contribution is 6.29. The molecule has 1 atom stereocenters. The van der Waals surface area contributed by atoms with E-state index in [9.17, 15) is 0 Å². The molecule has 0 aliphatic rings. The zero-order valence-corrected chi connectivity index (χ0v) is 12.1. The minimum absolute atomic E-state index is 0.0588. The van der Waals surface area contributed by atoms with Crippen molar-refractivity contribution in [2.45, 2.75) is 32.9 Å². The van der Waals surface area contributed by atoms with E-state index in [1.807, 2.05) is 27.0 Å². The van der Waals surface area contributed by atoms with Gasteiger partial charge < -0.3 is 4.52 Å². The minimum Gasteiger partial charge on any atom is -0.338 e. The van der Waals surface area contributed by atoms with Crippen LogP contribution in [0.15, 0.2) is 22.9 Å². The lowest BCUT2D eigenvalue weighted by Crippen LogP contribution is -2.22. The Morgan fingerprint density at radius 3 is 2.79 bits per heavy atom. The van der Waals surface area contributed by atoms with Gasteiger partial charge in [0.1, 0.15) is 5.15 Å². The molecule has 19 heavy (non-hydrogen) atoms. The first kappa shape index (κ1) is 14.0. The summed E-state index contributed by atoms with van der Waals surface area (Å²) in [5.74, 6) is 1.38. The summed E-state index contributed by atoms with van der Waals surface area (Å²) >= 11 is 5.77. The van der Waals surface area contributed by atoms with Crippen LogP contribution in [0.5, 0.6) is 0 Å². The molecule has 0 aliphatic heterocycles. The minimum atomic E-state index is 0.0588. The number of pyridine rings is 1. The Labute approximate surface area is 117 Å². The van der Waals surface area contributed by atoms with Crippen molar-refractivity contribution in [3.8, 4) is 0 Å². The van der Waals surface area contributed by atoms with Crippen molar-refractivity contribution >= 4 is 11.6 Å². The smallest absolute Gasteiger partial charge is 0.243 e. The molecule has 0 bridgehead atoms. The second kappa shape index (κ2) is 6.12. The molecule has 2 rings (SSSR count). The van der Waals surface area contributed by atoms with Crippen LogP contribution >= 0.6 is 11.6 Å². The molecule has 0 N–H and O–H groups in total. The average molecular weight is 281 g/mol. The highest BCUT2D eigenvalue weighted by Gasteiger charge is 2.18. The summed E-state index contributed by atoms with van der Waals surface area (Å²) in [6, 6.07) is 3.81. The number of halogens is 1. The average Bonchev–Trinajstić information content (AvgIpc) is 2.89. The first-order valence-corrected chi connectivity index (χ1v) is 6.61. The van der Waals surface area contributed by atoms with Gasteiger partial charge in [-0.1, -0.05) is 29.7 Å². The van der Waals surface area contributed by atoms with E-state index in [2.05, 4.69) is 20.0 Å². The second-order valence-electron chi connectivity index (χ2n) is 4.48. The standard InChI is InChI=1S/C13H17ClN4O/c1-4-12-16-13(19-17-12)9(2)18(3)8-10-5-6-11(14)15-7-10/h5-7,9H,4,8H2,1-3H3/t9-/m0/s1. The third-order valence-electron chi connectivity index (χ3n) is 3.04. The fraction of sp³-hybridized carbons (Fsp3) is 0.462. The molecule has 2 aromatic heterocycles. The van der Waals surface area contributed by atoms with Crippen LogP contribution in [-0.4, -0.2) is 27.1 Å². The van der Waals surface area contributed by atoms with E-state index in [1.54, 1.807) is 12.3 Å². The van der Waals surface area contributed by atoms with Gasteiger partial charge in [0.05, 0.1) is 6.04 Å². The van der Waals surface area contributed by atoms with Gasteiger partial charge in [-0.2, -0.15) is 4.98 Å². The van der Waals surface area contributed by atoms with Crippen molar-refractivity contribution in [3.63, 3.8) is 0 Å². The topological polar surface area (TPSA) is 55.1 Å². The molecule has 0 aromatic carbocycles. The lowest BCUT2D eigenvalue weighted by molar-refractivity contribution is 0.202. The predicted molar refractivity (Wildman–Crippen MR) is 72.8 cm³/mol. The van der Waals surface area contributed by atoms with E-state index < -0.39 is 0 Å². The van der Waals surface area contributed by atoms with Crippen molar-refractivity contribution in [1.82, 2.24) is 20.0 Å². The monoisotopic (exact) mass is 280 g/mol. The van der Waals surface area contributed by atoms with E-state index in [1.165, 1.54) is 0 Å². The third-order valence-corrected chi connectivity index (χ3v) is 3.26.